The highest BCUT2D eigenvalue weighted by Gasteiger charge is 2.03. The van der Waals surface area contributed by atoms with Crippen LogP contribution >= 0.6 is 0 Å². The number of allylic oxidation sites excluding steroid dienone is 4. The largest absolute Gasteiger partial charge is 0.484 e. The van der Waals surface area contributed by atoms with E-state index in [1.54, 1.807) is 19.2 Å². The average Bonchev–Trinajstić information content (AvgIpc) is 3.01. The molecule has 0 aliphatic heterocycles. The first kappa shape index (κ1) is 47.4. The molecule has 1 N–H and O–H groups in total. The molecule has 0 heterocycles. The van der Waals surface area contributed by atoms with Gasteiger partial charge in [0, 0.05) is 19.0 Å². The fourth-order valence-electron chi connectivity index (χ4n) is 1.86. The van der Waals surface area contributed by atoms with Crippen LogP contribution in [0.15, 0.2) is 74.4 Å². The molecule has 0 saturated heterocycles. The number of hydrogen-bond donors (Lipinski definition) is 1. The van der Waals surface area contributed by atoms with Crippen LogP contribution in [0.4, 0.5) is 0 Å². The standard InChI is InChI=1S/C16H18N2O2.C8H12.3C2H6.2C2H4/c1-4-5-13(10-17)8-14-9-15(7-6-12(14)2)20-11-16(19)18-3;1-4-6-7-8(3)5-2;5*1-2/h4,6-9H,1,5,11H2,2-3H3,(H,18,19);7H,5H2,1-3H3;3*1-2H3;2*1-2H2/b13-8+;8-7+;;;;;. The fourth-order valence-corrected chi connectivity index (χ4v) is 1.86. The summed E-state index contributed by atoms with van der Waals surface area (Å²) >= 11 is 0. The first-order chi connectivity index (χ1) is 18.4. The lowest BCUT2D eigenvalue weighted by Gasteiger charge is -2.08. The highest BCUT2D eigenvalue weighted by Crippen LogP contribution is 2.20. The maximum absolute atomic E-state index is 11.1. The predicted molar refractivity (Wildman–Crippen MR) is 173 cm³/mol. The van der Waals surface area contributed by atoms with Gasteiger partial charge in [0.25, 0.3) is 5.91 Å². The summed E-state index contributed by atoms with van der Waals surface area (Å²) < 4.78 is 5.39. The Morgan fingerprint density at radius 3 is 2.00 bits per heavy atom. The van der Waals surface area contributed by atoms with Crippen molar-refractivity contribution >= 4 is 12.0 Å². The first-order valence-electron chi connectivity index (χ1n) is 13.1. The molecular weight excluding hydrogens is 468 g/mol. The Morgan fingerprint density at radius 1 is 1.08 bits per heavy atom. The van der Waals surface area contributed by atoms with E-state index in [9.17, 15) is 4.79 Å². The molecule has 1 amide bonds. The monoisotopic (exact) mass is 524 g/mol. The molecule has 0 atom stereocenters. The van der Waals surface area contributed by atoms with E-state index in [1.165, 1.54) is 5.57 Å². The van der Waals surface area contributed by atoms with E-state index >= 15 is 0 Å². The molecule has 0 aliphatic carbocycles. The van der Waals surface area contributed by atoms with Gasteiger partial charge in [-0.25, -0.2) is 0 Å². The summed E-state index contributed by atoms with van der Waals surface area (Å²) in [6.07, 6.45) is 7.09. The zero-order valence-corrected chi connectivity index (χ0v) is 26.4. The summed E-state index contributed by atoms with van der Waals surface area (Å²) in [5, 5.41) is 11.5. The van der Waals surface area contributed by atoms with E-state index in [4.69, 9.17) is 10.00 Å². The predicted octanol–water partition coefficient (Wildman–Crippen LogP) is 9.65. The second-order valence-electron chi connectivity index (χ2n) is 5.99. The Balaban J connectivity index is -0.000000119. The van der Waals surface area contributed by atoms with Gasteiger partial charge in [-0.05, 0) is 62.6 Å². The molecule has 1 aromatic carbocycles. The summed E-state index contributed by atoms with van der Waals surface area (Å²) in [5.74, 6) is 6.10. The molecule has 0 radical (unpaired) electrons. The van der Waals surface area contributed by atoms with Gasteiger partial charge in [0.05, 0.1) is 6.07 Å². The molecule has 0 aliphatic rings. The third-order valence-electron chi connectivity index (χ3n) is 3.76. The van der Waals surface area contributed by atoms with Gasteiger partial charge < -0.3 is 10.1 Å². The zero-order chi connectivity index (χ0) is 31.4. The average molecular weight is 525 g/mol. The normalized spacial score (nSPS) is 8.37. The lowest BCUT2D eigenvalue weighted by molar-refractivity contribution is -0.122. The van der Waals surface area contributed by atoms with Gasteiger partial charge in [0.15, 0.2) is 6.61 Å². The van der Waals surface area contributed by atoms with Crippen LogP contribution in [0.2, 0.25) is 0 Å². The number of aryl methyl sites for hydroxylation is 1. The molecule has 4 nitrogen and oxygen atoms in total. The number of likely N-dealkylation sites (N-methyl/N-ethyl adjacent to an activating group) is 1. The molecule has 1 rings (SSSR count). The van der Waals surface area contributed by atoms with Crippen molar-refractivity contribution < 1.29 is 9.53 Å². The van der Waals surface area contributed by atoms with Crippen LogP contribution in [0, 0.1) is 30.1 Å². The second kappa shape index (κ2) is 43.3. The van der Waals surface area contributed by atoms with Crippen molar-refractivity contribution in [1.29, 1.82) is 5.26 Å². The summed E-state index contributed by atoms with van der Waals surface area (Å²) in [5.41, 5.74) is 3.91. The summed E-state index contributed by atoms with van der Waals surface area (Å²) in [6.45, 7) is 35.6. The van der Waals surface area contributed by atoms with E-state index in [-0.39, 0.29) is 12.5 Å². The van der Waals surface area contributed by atoms with E-state index in [2.05, 4.69) is 70.0 Å². The van der Waals surface area contributed by atoms with Crippen LogP contribution in [0.5, 0.6) is 5.75 Å². The summed E-state index contributed by atoms with van der Waals surface area (Å²) in [6, 6.07) is 7.66. The SMILES string of the molecule is C=C.C=C.C=CC/C(C#N)=C\c1cc(OCC(=O)NC)ccc1C.CC.CC.CC.CC#C/C=C(\C)CC. The van der Waals surface area contributed by atoms with Gasteiger partial charge >= 0.3 is 0 Å². The Bertz CT molecular complexity index is 845. The lowest BCUT2D eigenvalue weighted by Crippen LogP contribution is -2.24. The summed E-state index contributed by atoms with van der Waals surface area (Å²) in [7, 11) is 1.56. The van der Waals surface area contributed by atoms with Gasteiger partial charge in [-0.3, -0.25) is 4.79 Å². The van der Waals surface area contributed by atoms with Crippen molar-refractivity contribution in [3.05, 3.63) is 85.5 Å². The summed E-state index contributed by atoms with van der Waals surface area (Å²) in [4.78, 5) is 11.1. The van der Waals surface area contributed by atoms with Crippen molar-refractivity contribution in [3.63, 3.8) is 0 Å². The Labute approximate surface area is 236 Å². The number of nitrogens with zero attached hydrogens (tertiary/aromatic N) is 1. The van der Waals surface area contributed by atoms with Crippen LogP contribution in [0.3, 0.4) is 0 Å². The number of nitriles is 1. The van der Waals surface area contributed by atoms with Crippen LogP contribution < -0.4 is 10.1 Å². The van der Waals surface area contributed by atoms with Crippen LogP contribution in [-0.2, 0) is 4.79 Å². The highest BCUT2D eigenvalue weighted by atomic mass is 16.5. The number of amides is 1. The molecule has 0 saturated carbocycles. The number of benzene rings is 1. The number of ether oxygens (including phenoxy) is 1. The lowest BCUT2D eigenvalue weighted by atomic mass is 10.0. The molecule has 0 spiro atoms. The maximum atomic E-state index is 11.1. The van der Waals surface area contributed by atoms with Crippen LogP contribution in [0.1, 0.15) is 86.3 Å². The number of hydrogen-bond acceptors (Lipinski definition) is 3. The van der Waals surface area contributed by atoms with Crippen molar-refractivity contribution in [2.24, 2.45) is 0 Å². The van der Waals surface area contributed by atoms with E-state index in [0.717, 1.165) is 17.5 Å². The Hall–Kier alpha value is -3.76. The van der Waals surface area contributed by atoms with Crippen LogP contribution in [-0.4, -0.2) is 19.6 Å². The van der Waals surface area contributed by atoms with Crippen molar-refractivity contribution in [3.8, 4) is 23.7 Å². The maximum Gasteiger partial charge on any atom is 0.257 e. The molecule has 0 bridgehead atoms. The number of carbonyl (C=O) groups excluding carboxylic acids is 1. The van der Waals surface area contributed by atoms with Crippen LogP contribution in [0.25, 0.3) is 6.08 Å². The molecule has 0 unspecified atom stereocenters. The second-order valence-corrected chi connectivity index (χ2v) is 5.99. The minimum Gasteiger partial charge on any atom is -0.484 e. The Morgan fingerprint density at radius 2 is 1.61 bits per heavy atom. The number of nitrogens with one attached hydrogen (secondary N) is 1. The van der Waals surface area contributed by atoms with Gasteiger partial charge in [0.1, 0.15) is 5.75 Å². The van der Waals surface area contributed by atoms with E-state index < -0.39 is 0 Å². The molecule has 0 aromatic heterocycles. The topological polar surface area (TPSA) is 62.1 Å². The smallest absolute Gasteiger partial charge is 0.257 e. The number of carbonyl (C=O) groups is 1. The molecule has 38 heavy (non-hydrogen) atoms. The molecular formula is C34H56N2O2. The zero-order valence-electron chi connectivity index (χ0n) is 26.4. The molecule has 4 heteroatoms. The van der Waals surface area contributed by atoms with Gasteiger partial charge in [-0.15, -0.1) is 38.8 Å². The molecule has 0 fully saturated rings. The van der Waals surface area contributed by atoms with E-state index in [1.807, 2.05) is 79.7 Å². The van der Waals surface area contributed by atoms with Gasteiger partial charge in [0.2, 0.25) is 0 Å². The van der Waals surface area contributed by atoms with Gasteiger partial charge in [-0.1, -0.05) is 72.1 Å². The molecule has 214 valence electrons. The molecule has 1 aromatic rings. The first-order valence-corrected chi connectivity index (χ1v) is 13.1. The fraction of sp³-hybridized carbons (Fsp3) is 0.412. The third kappa shape index (κ3) is 32.2. The van der Waals surface area contributed by atoms with Crippen molar-refractivity contribution in [1.82, 2.24) is 5.32 Å². The van der Waals surface area contributed by atoms with Crippen molar-refractivity contribution in [2.75, 3.05) is 13.7 Å². The third-order valence-corrected chi connectivity index (χ3v) is 3.76. The highest BCUT2D eigenvalue weighted by molar-refractivity contribution is 5.77. The van der Waals surface area contributed by atoms with Gasteiger partial charge in [-0.2, -0.15) is 5.26 Å². The number of rotatable bonds is 7. The minimum absolute atomic E-state index is 0.0273. The quantitative estimate of drug-likeness (QED) is 0.219. The Kier molecular flexibility index (Phi) is 54.1. The van der Waals surface area contributed by atoms with Crippen molar-refractivity contribution in [2.45, 2.75) is 82.1 Å². The minimum atomic E-state index is -0.188. The van der Waals surface area contributed by atoms with E-state index in [0.29, 0.717) is 17.7 Å².